The predicted octanol–water partition coefficient (Wildman–Crippen LogP) is 0.604. The average molecular weight is 228 g/mol. The highest BCUT2D eigenvalue weighted by molar-refractivity contribution is 5.83. The van der Waals surface area contributed by atoms with Crippen molar-refractivity contribution in [3.63, 3.8) is 0 Å². The number of nitrogens with zero attached hydrogens (tertiary/aromatic N) is 1. The Balaban J connectivity index is 2.68. The van der Waals surface area contributed by atoms with Gasteiger partial charge in [-0.2, -0.15) is 0 Å². The number of amides is 1. The van der Waals surface area contributed by atoms with Gasteiger partial charge >= 0.3 is 0 Å². The number of likely N-dealkylation sites (tertiary alicyclic amines) is 1. The predicted molar refractivity (Wildman–Crippen MR) is 64.1 cm³/mol. The van der Waals surface area contributed by atoms with Crippen molar-refractivity contribution < 1.29 is 9.90 Å². The fraction of sp³-hybridized carbons (Fsp3) is 0.917. The van der Waals surface area contributed by atoms with E-state index >= 15 is 0 Å². The first-order chi connectivity index (χ1) is 7.61. The SMILES string of the molecule is CCNC1CCCN([C@@H](CO)C(C)C)C1=O. The minimum atomic E-state index is -0.0495. The van der Waals surface area contributed by atoms with E-state index in [0.29, 0.717) is 5.92 Å². The van der Waals surface area contributed by atoms with E-state index in [2.05, 4.69) is 5.32 Å². The Morgan fingerprint density at radius 1 is 1.56 bits per heavy atom. The summed E-state index contributed by atoms with van der Waals surface area (Å²) in [4.78, 5) is 14.0. The summed E-state index contributed by atoms with van der Waals surface area (Å²) in [5.74, 6) is 0.454. The quantitative estimate of drug-likeness (QED) is 0.724. The normalized spacial score (nSPS) is 23.9. The second-order valence-electron chi connectivity index (χ2n) is 4.78. The molecule has 0 aromatic rings. The highest BCUT2D eigenvalue weighted by Crippen LogP contribution is 2.18. The van der Waals surface area contributed by atoms with Crippen molar-refractivity contribution in [1.29, 1.82) is 0 Å². The summed E-state index contributed by atoms with van der Waals surface area (Å²) in [6.07, 6.45) is 1.94. The molecule has 2 atom stereocenters. The molecule has 0 radical (unpaired) electrons. The van der Waals surface area contributed by atoms with Gasteiger partial charge in [-0.05, 0) is 25.3 Å². The Bertz CT molecular complexity index is 229. The zero-order chi connectivity index (χ0) is 12.1. The Morgan fingerprint density at radius 2 is 2.25 bits per heavy atom. The molecular formula is C12H24N2O2. The highest BCUT2D eigenvalue weighted by Gasteiger charge is 2.33. The van der Waals surface area contributed by atoms with E-state index in [1.54, 1.807) is 0 Å². The number of rotatable bonds is 5. The third kappa shape index (κ3) is 2.95. The fourth-order valence-electron chi connectivity index (χ4n) is 2.33. The van der Waals surface area contributed by atoms with Crippen LogP contribution in [0.3, 0.4) is 0 Å². The van der Waals surface area contributed by atoms with Crippen LogP contribution in [0.4, 0.5) is 0 Å². The zero-order valence-corrected chi connectivity index (χ0v) is 10.6. The van der Waals surface area contributed by atoms with Gasteiger partial charge in [0.05, 0.1) is 18.7 Å². The Morgan fingerprint density at radius 3 is 2.75 bits per heavy atom. The van der Waals surface area contributed by atoms with E-state index in [4.69, 9.17) is 0 Å². The summed E-state index contributed by atoms with van der Waals surface area (Å²) in [5.41, 5.74) is 0. The maximum atomic E-state index is 12.2. The number of piperidine rings is 1. The summed E-state index contributed by atoms with van der Waals surface area (Å²) in [5, 5.41) is 12.6. The highest BCUT2D eigenvalue weighted by atomic mass is 16.3. The van der Waals surface area contributed by atoms with Gasteiger partial charge in [-0.25, -0.2) is 0 Å². The first-order valence-electron chi connectivity index (χ1n) is 6.26. The van der Waals surface area contributed by atoms with E-state index in [0.717, 1.165) is 25.9 Å². The molecule has 1 rings (SSSR count). The number of likely N-dealkylation sites (N-methyl/N-ethyl adjacent to an activating group) is 1. The van der Waals surface area contributed by atoms with Gasteiger partial charge < -0.3 is 15.3 Å². The Kier molecular flexibility index (Phi) is 5.22. The van der Waals surface area contributed by atoms with Crippen molar-refractivity contribution >= 4 is 5.91 Å². The monoisotopic (exact) mass is 228 g/mol. The second-order valence-corrected chi connectivity index (χ2v) is 4.78. The largest absolute Gasteiger partial charge is 0.394 e. The maximum Gasteiger partial charge on any atom is 0.240 e. The molecule has 1 fully saturated rings. The molecule has 1 unspecified atom stereocenters. The number of hydrogen-bond acceptors (Lipinski definition) is 3. The van der Waals surface area contributed by atoms with Gasteiger partial charge in [0.1, 0.15) is 0 Å². The van der Waals surface area contributed by atoms with Crippen LogP contribution in [-0.2, 0) is 4.79 Å². The number of aliphatic hydroxyl groups is 1. The van der Waals surface area contributed by atoms with Gasteiger partial charge in [0.15, 0.2) is 0 Å². The molecule has 1 heterocycles. The van der Waals surface area contributed by atoms with Gasteiger partial charge in [-0.1, -0.05) is 20.8 Å². The lowest BCUT2D eigenvalue weighted by Gasteiger charge is -2.39. The molecule has 2 N–H and O–H groups in total. The number of nitrogens with one attached hydrogen (secondary N) is 1. The molecule has 4 nitrogen and oxygen atoms in total. The van der Waals surface area contributed by atoms with E-state index in [1.165, 1.54) is 0 Å². The lowest BCUT2D eigenvalue weighted by Crippen LogP contribution is -2.56. The van der Waals surface area contributed by atoms with Crippen LogP contribution in [0, 0.1) is 5.92 Å². The van der Waals surface area contributed by atoms with E-state index < -0.39 is 0 Å². The molecule has 1 saturated heterocycles. The summed E-state index contributed by atoms with van der Waals surface area (Å²) in [6, 6.07) is -0.0829. The molecule has 1 aliphatic heterocycles. The summed E-state index contributed by atoms with van der Waals surface area (Å²) in [6.45, 7) is 7.76. The summed E-state index contributed by atoms with van der Waals surface area (Å²) < 4.78 is 0. The standard InChI is InChI=1S/C12H24N2O2/c1-4-13-10-6-5-7-14(12(10)16)11(8-15)9(2)3/h9-11,13,15H,4-8H2,1-3H3/t10?,11-/m0/s1. The summed E-state index contributed by atoms with van der Waals surface area (Å²) >= 11 is 0. The molecule has 0 saturated carbocycles. The van der Waals surface area contributed by atoms with Crippen LogP contribution in [0.5, 0.6) is 0 Å². The topological polar surface area (TPSA) is 52.6 Å². The fourth-order valence-corrected chi connectivity index (χ4v) is 2.33. The molecule has 0 aromatic carbocycles. The first-order valence-corrected chi connectivity index (χ1v) is 6.26. The number of carbonyl (C=O) groups excluding carboxylic acids is 1. The molecule has 0 bridgehead atoms. The maximum absolute atomic E-state index is 12.2. The van der Waals surface area contributed by atoms with Crippen LogP contribution in [0.15, 0.2) is 0 Å². The first kappa shape index (κ1) is 13.5. The molecule has 0 aromatic heterocycles. The second kappa shape index (κ2) is 6.21. The van der Waals surface area contributed by atoms with Crippen molar-refractivity contribution in [3.8, 4) is 0 Å². The van der Waals surface area contributed by atoms with Crippen molar-refractivity contribution in [2.45, 2.75) is 45.7 Å². The minimum absolute atomic E-state index is 0.0334. The van der Waals surface area contributed by atoms with Gasteiger partial charge in [-0.15, -0.1) is 0 Å². The Hall–Kier alpha value is -0.610. The average Bonchev–Trinajstić information content (AvgIpc) is 2.24. The Labute approximate surface area is 98.0 Å². The molecule has 16 heavy (non-hydrogen) atoms. The molecule has 1 aliphatic rings. The van der Waals surface area contributed by atoms with Gasteiger partial charge in [0.25, 0.3) is 0 Å². The van der Waals surface area contributed by atoms with E-state index in [9.17, 15) is 9.90 Å². The number of carbonyl (C=O) groups is 1. The van der Waals surface area contributed by atoms with Crippen molar-refractivity contribution in [1.82, 2.24) is 10.2 Å². The van der Waals surface area contributed by atoms with Crippen molar-refractivity contribution in [2.24, 2.45) is 5.92 Å². The molecule has 1 amide bonds. The minimum Gasteiger partial charge on any atom is -0.394 e. The van der Waals surface area contributed by atoms with Crippen LogP contribution in [0.1, 0.15) is 33.6 Å². The van der Waals surface area contributed by atoms with Crippen LogP contribution >= 0.6 is 0 Å². The van der Waals surface area contributed by atoms with Crippen molar-refractivity contribution in [2.75, 3.05) is 19.7 Å². The van der Waals surface area contributed by atoms with Crippen molar-refractivity contribution in [3.05, 3.63) is 0 Å². The van der Waals surface area contributed by atoms with E-state index in [1.807, 2.05) is 25.7 Å². The molecule has 94 valence electrons. The number of aliphatic hydroxyl groups excluding tert-OH is 1. The van der Waals surface area contributed by atoms with E-state index in [-0.39, 0.29) is 24.6 Å². The van der Waals surface area contributed by atoms with Crippen LogP contribution in [-0.4, -0.2) is 47.7 Å². The molecule has 0 aliphatic carbocycles. The van der Waals surface area contributed by atoms with Crippen LogP contribution in [0.2, 0.25) is 0 Å². The molecular weight excluding hydrogens is 204 g/mol. The lowest BCUT2D eigenvalue weighted by molar-refractivity contribution is -0.140. The van der Waals surface area contributed by atoms with Crippen LogP contribution < -0.4 is 5.32 Å². The summed E-state index contributed by atoms with van der Waals surface area (Å²) in [7, 11) is 0. The smallest absolute Gasteiger partial charge is 0.240 e. The zero-order valence-electron chi connectivity index (χ0n) is 10.6. The third-order valence-electron chi connectivity index (χ3n) is 3.28. The van der Waals surface area contributed by atoms with Crippen LogP contribution in [0.25, 0.3) is 0 Å². The van der Waals surface area contributed by atoms with Gasteiger partial charge in [0.2, 0.25) is 5.91 Å². The third-order valence-corrected chi connectivity index (χ3v) is 3.28. The van der Waals surface area contributed by atoms with Gasteiger partial charge in [-0.3, -0.25) is 4.79 Å². The molecule has 4 heteroatoms. The number of hydrogen-bond donors (Lipinski definition) is 2. The molecule has 0 spiro atoms. The van der Waals surface area contributed by atoms with Gasteiger partial charge in [0, 0.05) is 6.54 Å². The lowest BCUT2D eigenvalue weighted by atomic mass is 9.97.